The first-order valence-electron chi connectivity index (χ1n) is 5.81. The Morgan fingerprint density at radius 1 is 1.05 bits per heavy atom. The number of halogens is 1. The number of rotatable bonds is 3. The summed E-state index contributed by atoms with van der Waals surface area (Å²) < 4.78 is 22.3. The normalized spacial score (nSPS) is 11.0. The second-order valence-electron chi connectivity index (χ2n) is 4.16. The van der Waals surface area contributed by atoms with Gasteiger partial charge in [-0.1, -0.05) is 17.7 Å². The van der Waals surface area contributed by atoms with Gasteiger partial charge in [-0.25, -0.2) is 13.6 Å². The Morgan fingerprint density at radius 3 is 2.24 bits per heavy atom. The van der Waals surface area contributed by atoms with Gasteiger partial charge >= 0.3 is 0 Å². The Bertz CT molecular complexity index is 761. The minimum absolute atomic E-state index is 0.0433. The summed E-state index contributed by atoms with van der Waals surface area (Å²) in [4.78, 5) is 0.0433. The lowest BCUT2D eigenvalue weighted by Crippen LogP contribution is -2.19. The molecular formula is C13H12ClN3O2S2. The predicted molar refractivity (Wildman–Crippen MR) is 89.1 cm³/mol. The van der Waals surface area contributed by atoms with Gasteiger partial charge in [-0.3, -0.25) is 0 Å². The van der Waals surface area contributed by atoms with E-state index < -0.39 is 10.0 Å². The lowest BCUT2D eigenvalue weighted by molar-refractivity contribution is 0.598. The molecule has 2 rings (SSSR count). The topological polar surface area (TPSA) is 84.2 Å². The van der Waals surface area contributed by atoms with Crippen molar-refractivity contribution in [3.63, 3.8) is 0 Å². The zero-order chi connectivity index (χ0) is 15.5. The molecule has 0 unspecified atom stereocenters. The Morgan fingerprint density at radius 2 is 1.67 bits per heavy atom. The van der Waals surface area contributed by atoms with Gasteiger partial charge in [0.15, 0.2) is 5.11 Å². The van der Waals surface area contributed by atoms with Gasteiger partial charge in [-0.05, 0) is 54.7 Å². The van der Waals surface area contributed by atoms with Crippen LogP contribution in [0.1, 0.15) is 0 Å². The Balaban J connectivity index is 2.03. The molecule has 0 heterocycles. The van der Waals surface area contributed by atoms with Crippen molar-refractivity contribution in [3.05, 3.63) is 53.6 Å². The van der Waals surface area contributed by atoms with Gasteiger partial charge in [0, 0.05) is 16.4 Å². The second kappa shape index (κ2) is 6.40. The van der Waals surface area contributed by atoms with Crippen LogP contribution in [0.4, 0.5) is 11.4 Å². The third-order valence-electron chi connectivity index (χ3n) is 2.52. The molecule has 4 N–H and O–H groups in total. The first-order valence-corrected chi connectivity index (χ1v) is 8.14. The molecule has 0 spiro atoms. The second-order valence-corrected chi connectivity index (χ2v) is 6.56. The molecule has 8 heteroatoms. The van der Waals surface area contributed by atoms with Crippen LogP contribution in [-0.4, -0.2) is 13.5 Å². The highest BCUT2D eigenvalue weighted by Crippen LogP contribution is 2.16. The minimum Gasteiger partial charge on any atom is -0.332 e. The molecular weight excluding hydrogens is 330 g/mol. The van der Waals surface area contributed by atoms with E-state index in [1.165, 1.54) is 12.1 Å². The smallest absolute Gasteiger partial charge is 0.238 e. The van der Waals surface area contributed by atoms with E-state index in [0.717, 1.165) is 5.69 Å². The number of anilines is 2. The van der Waals surface area contributed by atoms with Crippen molar-refractivity contribution in [2.75, 3.05) is 10.6 Å². The SMILES string of the molecule is NS(=O)(=O)c1ccc(NC(=S)Nc2cccc(Cl)c2)cc1. The predicted octanol–water partition coefficient (Wildman–Crippen LogP) is 2.80. The fourth-order valence-corrected chi connectivity index (χ4v) is 2.53. The molecule has 0 saturated heterocycles. The Labute approximate surface area is 133 Å². The van der Waals surface area contributed by atoms with Crippen LogP contribution >= 0.6 is 23.8 Å². The molecule has 2 aromatic rings. The van der Waals surface area contributed by atoms with Crippen molar-refractivity contribution in [1.82, 2.24) is 0 Å². The van der Waals surface area contributed by atoms with E-state index in [2.05, 4.69) is 10.6 Å². The summed E-state index contributed by atoms with van der Waals surface area (Å²) in [6.45, 7) is 0. The van der Waals surface area contributed by atoms with E-state index in [0.29, 0.717) is 15.8 Å². The average Bonchev–Trinajstić information content (AvgIpc) is 2.38. The Hall–Kier alpha value is -1.67. The summed E-state index contributed by atoms with van der Waals surface area (Å²) in [5, 5.41) is 11.9. The fraction of sp³-hybridized carbons (Fsp3) is 0. The van der Waals surface area contributed by atoms with Crippen LogP contribution in [-0.2, 0) is 10.0 Å². The number of sulfonamides is 1. The van der Waals surface area contributed by atoms with Crippen LogP contribution in [0.2, 0.25) is 5.02 Å². The molecule has 5 nitrogen and oxygen atoms in total. The number of nitrogens with two attached hydrogens (primary N) is 1. The highest BCUT2D eigenvalue weighted by molar-refractivity contribution is 7.89. The molecule has 0 bridgehead atoms. The van der Waals surface area contributed by atoms with E-state index in [4.69, 9.17) is 29.0 Å². The summed E-state index contributed by atoms with van der Waals surface area (Å²) in [6.07, 6.45) is 0. The monoisotopic (exact) mass is 341 g/mol. The van der Waals surface area contributed by atoms with Crippen LogP contribution in [0.25, 0.3) is 0 Å². The van der Waals surface area contributed by atoms with Crippen molar-refractivity contribution in [2.24, 2.45) is 5.14 Å². The van der Waals surface area contributed by atoms with E-state index in [9.17, 15) is 8.42 Å². The van der Waals surface area contributed by atoms with E-state index in [1.807, 2.05) is 6.07 Å². The summed E-state index contributed by atoms with van der Waals surface area (Å²) in [5.41, 5.74) is 1.39. The van der Waals surface area contributed by atoms with Gasteiger partial charge in [0.1, 0.15) is 0 Å². The van der Waals surface area contributed by atoms with Gasteiger partial charge in [-0.15, -0.1) is 0 Å². The molecule has 0 aromatic heterocycles. The van der Waals surface area contributed by atoms with Crippen LogP contribution in [0.5, 0.6) is 0 Å². The maximum Gasteiger partial charge on any atom is 0.238 e. The first-order chi connectivity index (χ1) is 9.84. The third kappa shape index (κ3) is 4.68. The highest BCUT2D eigenvalue weighted by Gasteiger charge is 2.07. The standard InChI is InChI=1S/C13H12ClN3O2S2/c14-9-2-1-3-11(8-9)17-13(20)16-10-4-6-12(7-5-10)21(15,18)19/h1-8H,(H2,15,18,19)(H2,16,17,20). The molecule has 0 aliphatic heterocycles. The number of benzene rings is 2. The van der Waals surface area contributed by atoms with Crippen molar-refractivity contribution in [2.45, 2.75) is 4.90 Å². The fourth-order valence-electron chi connectivity index (χ4n) is 1.59. The summed E-state index contributed by atoms with van der Waals surface area (Å²) in [6, 6.07) is 13.1. The van der Waals surface area contributed by atoms with Crippen LogP contribution in [0, 0.1) is 0 Å². The first kappa shape index (κ1) is 15.7. The highest BCUT2D eigenvalue weighted by atomic mass is 35.5. The lowest BCUT2D eigenvalue weighted by Gasteiger charge is -2.11. The summed E-state index contributed by atoms with van der Waals surface area (Å²) in [7, 11) is -3.69. The summed E-state index contributed by atoms with van der Waals surface area (Å²) in [5.74, 6) is 0. The van der Waals surface area contributed by atoms with E-state index in [1.54, 1.807) is 30.3 Å². The Kier molecular flexibility index (Phi) is 4.79. The zero-order valence-corrected chi connectivity index (χ0v) is 13.1. The van der Waals surface area contributed by atoms with Gasteiger partial charge in [-0.2, -0.15) is 0 Å². The molecule has 110 valence electrons. The zero-order valence-electron chi connectivity index (χ0n) is 10.7. The van der Waals surface area contributed by atoms with Crippen molar-refractivity contribution in [1.29, 1.82) is 0 Å². The van der Waals surface area contributed by atoms with Crippen LogP contribution < -0.4 is 15.8 Å². The maximum absolute atomic E-state index is 11.1. The van der Waals surface area contributed by atoms with Gasteiger partial charge in [0.25, 0.3) is 0 Å². The van der Waals surface area contributed by atoms with E-state index >= 15 is 0 Å². The van der Waals surface area contributed by atoms with Gasteiger partial charge < -0.3 is 10.6 Å². The molecule has 2 aromatic carbocycles. The quantitative estimate of drug-likeness (QED) is 0.747. The number of hydrogen-bond acceptors (Lipinski definition) is 3. The van der Waals surface area contributed by atoms with Crippen LogP contribution in [0.15, 0.2) is 53.4 Å². The molecule has 0 amide bonds. The molecule has 21 heavy (non-hydrogen) atoms. The van der Waals surface area contributed by atoms with Crippen LogP contribution in [0.3, 0.4) is 0 Å². The molecule has 0 radical (unpaired) electrons. The number of primary sulfonamides is 1. The number of thiocarbonyl (C=S) groups is 1. The lowest BCUT2D eigenvalue weighted by atomic mass is 10.3. The number of hydrogen-bond donors (Lipinski definition) is 3. The van der Waals surface area contributed by atoms with Gasteiger partial charge in [0.05, 0.1) is 4.90 Å². The minimum atomic E-state index is -3.69. The molecule has 0 atom stereocenters. The number of nitrogens with one attached hydrogen (secondary N) is 2. The summed E-state index contributed by atoms with van der Waals surface area (Å²) >= 11 is 11.0. The maximum atomic E-state index is 11.1. The average molecular weight is 342 g/mol. The molecule has 0 aliphatic carbocycles. The van der Waals surface area contributed by atoms with Crippen molar-refractivity contribution < 1.29 is 8.42 Å². The van der Waals surface area contributed by atoms with Crippen molar-refractivity contribution >= 4 is 50.3 Å². The largest absolute Gasteiger partial charge is 0.332 e. The molecule has 0 aliphatic rings. The molecule has 0 fully saturated rings. The van der Waals surface area contributed by atoms with Crippen molar-refractivity contribution in [3.8, 4) is 0 Å². The van der Waals surface area contributed by atoms with E-state index in [-0.39, 0.29) is 4.90 Å². The third-order valence-corrected chi connectivity index (χ3v) is 3.89. The van der Waals surface area contributed by atoms with Gasteiger partial charge in [0.2, 0.25) is 10.0 Å². The molecule has 0 saturated carbocycles.